The van der Waals surface area contributed by atoms with Crippen LogP contribution in [0.5, 0.6) is 0 Å². The lowest BCUT2D eigenvalue weighted by Gasteiger charge is -2.23. The third-order valence-corrected chi connectivity index (χ3v) is 13.3. The first-order chi connectivity index (χ1) is 24.4. The average molecular weight is 641 g/mol. The molecule has 3 heteroatoms. The largest absolute Gasteiger partial charge is 0.359 e. The second-order valence-electron chi connectivity index (χ2n) is 12.8. The molecule has 1 unspecified atom stereocenters. The monoisotopic (exact) mass is 640 g/mol. The summed E-state index contributed by atoms with van der Waals surface area (Å²) in [6.07, 6.45) is 0. The Morgan fingerprint density at radius 2 is 0.918 bits per heavy atom. The van der Waals surface area contributed by atoms with Crippen molar-refractivity contribution in [2.45, 2.75) is 0 Å². The van der Waals surface area contributed by atoms with Gasteiger partial charge in [0.25, 0.3) is 0 Å². The molecule has 1 aliphatic heterocycles. The summed E-state index contributed by atoms with van der Waals surface area (Å²) in [7, 11) is -2.18. The SMILES string of the molecule is c1ccc(-c2c3n(c4ccccc24)-c2ccccc2[SiH](c2ccccc2)n2c-3c(-c3ccccc3)c3cccc(-c4ccccc4)c32)cc1. The third-order valence-electron chi connectivity index (χ3n) is 10.2. The van der Waals surface area contributed by atoms with E-state index in [0.717, 1.165) is 0 Å². The van der Waals surface area contributed by atoms with Crippen molar-refractivity contribution in [1.82, 2.24) is 8.80 Å². The van der Waals surface area contributed by atoms with Crippen molar-refractivity contribution in [2.75, 3.05) is 0 Å². The van der Waals surface area contributed by atoms with Gasteiger partial charge in [0.15, 0.2) is 0 Å². The highest BCUT2D eigenvalue weighted by atomic mass is 28.3. The number of hydrogen-bond donors (Lipinski definition) is 0. The summed E-state index contributed by atoms with van der Waals surface area (Å²) in [5.41, 5.74) is 13.8. The van der Waals surface area contributed by atoms with E-state index < -0.39 is 8.96 Å². The maximum Gasteiger partial charge on any atom is 0.211 e. The zero-order valence-electron chi connectivity index (χ0n) is 26.9. The molecule has 230 valence electrons. The number of aromatic nitrogens is 2. The Labute approximate surface area is 287 Å². The van der Waals surface area contributed by atoms with Gasteiger partial charge in [-0.3, -0.25) is 0 Å². The lowest BCUT2D eigenvalue weighted by molar-refractivity contribution is 1.14. The Morgan fingerprint density at radius 1 is 0.388 bits per heavy atom. The minimum atomic E-state index is -2.18. The lowest BCUT2D eigenvalue weighted by atomic mass is 9.95. The predicted molar refractivity (Wildman–Crippen MR) is 209 cm³/mol. The second-order valence-corrected chi connectivity index (χ2v) is 15.5. The van der Waals surface area contributed by atoms with Crippen LogP contribution < -0.4 is 10.4 Å². The van der Waals surface area contributed by atoms with Crippen LogP contribution in [0.15, 0.2) is 188 Å². The molecule has 0 aliphatic carbocycles. The number of rotatable bonds is 4. The number of para-hydroxylation sites is 3. The van der Waals surface area contributed by atoms with Gasteiger partial charge in [0, 0.05) is 38.7 Å². The van der Waals surface area contributed by atoms with Crippen LogP contribution >= 0.6 is 0 Å². The van der Waals surface area contributed by atoms with E-state index in [0.29, 0.717) is 0 Å². The van der Waals surface area contributed by atoms with Crippen molar-refractivity contribution < 1.29 is 0 Å². The molecule has 0 N–H and O–H groups in total. The van der Waals surface area contributed by atoms with Crippen molar-refractivity contribution in [3.63, 3.8) is 0 Å². The summed E-state index contributed by atoms with van der Waals surface area (Å²) >= 11 is 0. The van der Waals surface area contributed by atoms with E-state index in [2.05, 4.69) is 197 Å². The van der Waals surface area contributed by atoms with Crippen LogP contribution in [0.4, 0.5) is 0 Å². The first kappa shape index (κ1) is 27.9. The van der Waals surface area contributed by atoms with Crippen molar-refractivity contribution in [1.29, 1.82) is 0 Å². The highest BCUT2D eigenvalue weighted by molar-refractivity contribution is 6.86. The fourth-order valence-electron chi connectivity index (χ4n) is 8.24. The Hall–Kier alpha value is -6.16. The Kier molecular flexibility index (Phi) is 6.39. The first-order valence-electron chi connectivity index (χ1n) is 17.0. The average Bonchev–Trinajstić information content (AvgIpc) is 3.66. The van der Waals surface area contributed by atoms with Crippen LogP contribution in [0.3, 0.4) is 0 Å². The molecule has 1 aliphatic rings. The lowest BCUT2D eigenvalue weighted by Crippen LogP contribution is -2.49. The van der Waals surface area contributed by atoms with Crippen LogP contribution in [-0.2, 0) is 0 Å². The molecule has 0 saturated heterocycles. The fraction of sp³-hybridized carbons (Fsp3) is 0. The van der Waals surface area contributed by atoms with Gasteiger partial charge in [-0.05, 0) is 39.2 Å². The van der Waals surface area contributed by atoms with Gasteiger partial charge in [0.2, 0.25) is 8.96 Å². The molecule has 9 aromatic rings. The summed E-state index contributed by atoms with van der Waals surface area (Å²) in [6, 6.07) is 69.4. The first-order valence-corrected chi connectivity index (χ1v) is 18.7. The van der Waals surface area contributed by atoms with E-state index in [1.54, 1.807) is 0 Å². The summed E-state index contributed by atoms with van der Waals surface area (Å²) < 4.78 is 5.40. The van der Waals surface area contributed by atoms with Gasteiger partial charge in [-0.15, -0.1) is 0 Å². The van der Waals surface area contributed by atoms with Crippen molar-refractivity contribution in [3.8, 4) is 50.5 Å². The molecule has 0 saturated carbocycles. The Bertz CT molecular complexity index is 2640. The third kappa shape index (κ3) is 4.19. The minimum absolute atomic E-state index is 1.23. The molecular formula is C46H32N2Si. The molecule has 0 bridgehead atoms. The summed E-state index contributed by atoms with van der Waals surface area (Å²) in [5, 5.41) is 5.35. The van der Waals surface area contributed by atoms with Gasteiger partial charge in [-0.1, -0.05) is 176 Å². The molecular weight excluding hydrogens is 609 g/mol. The molecule has 0 fully saturated rings. The van der Waals surface area contributed by atoms with Gasteiger partial charge in [0.05, 0.1) is 16.9 Å². The summed E-state index contributed by atoms with van der Waals surface area (Å²) in [5.74, 6) is 0. The normalized spacial score (nSPS) is 13.5. The Balaban J connectivity index is 1.52. The molecule has 10 rings (SSSR count). The maximum atomic E-state index is 2.82. The zero-order valence-corrected chi connectivity index (χ0v) is 28.0. The fourth-order valence-corrected chi connectivity index (χ4v) is 11.6. The number of hydrogen-bond acceptors (Lipinski definition) is 0. The molecule has 49 heavy (non-hydrogen) atoms. The molecule has 0 radical (unpaired) electrons. The van der Waals surface area contributed by atoms with Crippen molar-refractivity contribution in [2.24, 2.45) is 0 Å². The number of fused-ring (bicyclic) bond motifs is 9. The van der Waals surface area contributed by atoms with E-state index in [9.17, 15) is 0 Å². The van der Waals surface area contributed by atoms with Crippen molar-refractivity contribution in [3.05, 3.63) is 188 Å². The minimum Gasteiger partial charge on any atom is -0.359 e. The van der Waals surface area contributed by atoms with Gasteiger partial charge in [0.1, 0.15) is 0 Å². The van der Waals surface area contributed by atoms with E-state index >= 15 is 0 Å². The summed E-state index contributed by atoms with van der Waals surface area (Å²) in [4.78, 5) is 0. The molecule has 0 amide bonds. The van der Waals surface area contributed by atoms with Crippen LogP contribution in [0.2, 0.25) is 0 Å². The Morgan fingerprint density at radius 3 is 1.61 bits per heavy atom. The topological polar surface area (TPSA) is 9.86 Å². The highest BCUT2D eigenvalue weighted by Gasteiger charge is 2.37. The molecule has 3 heterocycles. The quantitative estimate of drug-likeness (QED) is 0.170. The maximum absolute atomic E-state index is 2.82. The summed E-state index contributed by atoms with van der Waals surface area (Å²) in [6.45, 7) is 0. The van der Waals surface area contributed by atoms with Gasteiger partial charge >= 0.3 is 0 Å². The number of nitrogens with zero attached hydrogens (tertiary/aromatic N) is 2. The molecule has 2 nitrogen and oxygen atoms in total. The van der Waals surface area contributed by atoms with Crippen LogP contribution in [0.25, 0.3) is 72.3 Å². The van der Waals surface area contributed by atoms with Crippen molar-refractivity contribution >= 4 is 41.1 Å². The van der Waals surface area contributed by atoms with E-state index in [-0.39, 0.29) is 0 Å². The molecule has 0 spiro atoms. The molecule has 7 aromatic carbocycles. The predicted octanol–water partition coefficient (Wildman–Crippen LogP) is 9.95. The standard InChI is InChI=1S/C46H32N2Si/c1-5-18-32(19-6-1)36-27-17-28-38-43(34-22-9-3-10-23-34)46-45-42(33-20-7-2-8-21-33)37-26-13-14-29-39(37)47(45)40-30-15-16-31-41(40)49(48(46)44(36)38)35-24-11-4-12-25-35/h1-31,49H. The zero-order chi connectivity index (χ0) is 32.3. The second kappa shape index (κ2) is 11.2. The van der Waals surface area contributed by atoms with E-state index in [1.165, 1.54) is 82.6 Å². The number of benzene rings is 7. The molecule has 2 aromatic heterocycles. The van der Waals surface area contributed by atoms with Crippen LogP contribution in [-0.4, -0.2) is 17.8 Å². The van der Waals surface area contributed by atoms with Gasteiger partial charge in [-0.2, -0.15) is 0 Å². The van der Waals surface area contributed by atoms with E-state index in [4.69, 9.17) is 0 Å². The van der Waals surface area contributed by atoms with Crippen LogP contribution in [0, 0.1) is 0 Å². The van der Waals surface area contributed by atoms with Crippen LogP contribution in [0.1, 0.15) is 0 Å². The smallest absolute Gasteiger partial charge is 0.211 e. The van der Waals surface area contributed by atoms with E-state index in [1.807, 2.05) is 0 Å². The van der Waals surface area contributed by atoms with Gasteiger partial charge < -0.3 is 8.80 Å². The molecule has 1 atom stereocenters. The van der Waals surface area contributed by atoms with Gasteiger partial charge in [-0.25, -0.2) is 0 Å². The highest BCUT2D eigenvalue weighted by Crippen LogP contribution is 2.51.